The first-order valence-corrected chi connectivity index (χ1v) is 11.5. The van der Waals surface area contributed by atoms with E-state index < -0.39 is 15.9 Å². The average Bonchev–Trinajstić information content (AvgIpc) is 2.76. The molecule has 0 fully saturated rings. The Morgan fingerprint density at radius 2 is 1.59 bits per heavy atom. The second-order valence-electron chi connectivity index (χ2n) is 6.63. The highest BCUT2D eigenvalue weighted by Crippen LogP contribution is 2.31. The molecule has 0 aliphatic carbocycles. The molecule has 0 aromatic heterocycles. The number of hydrogen-bond donors (Lipinski definition) is 2. The number of methoxy groups -OCH3 is 2. The van der Waals surface area contributed by atoms with Gasteiger partial charge in [-0.2, -0.15) is 0 Å². The molecule has 7 nitrogen and oxygen atoms in total. The van der Waals surface area contributed by atoms with E-state index in [1.54, 1.807) is 42.5 Å². The summed E-state index contributed by atoms with van der Waals surface area (Å²) in [7, 11) is -1.11. The smallest absolute Gasteiger partial charge is 0.262 e. The fourth-order valence-corrected chi connectivity index (χ4v) is 4.49. The minimum Gasteiger partial charge on any atom is -0.495 e. The Bertz CT molecular complexity index is 1250. The number of hydrogen-bond acceptors (Lipinski definition) is 5. The van der Waals surface area contributed by atoms with E-state index in [9.17, 15) is 13.2 Å². The SMILES string of the molecule is COc1ccc(S(=O)(=O)Nc2ccccc2OC)cc1NC(=O)Cc1ccc(Cl)cc1Cl. The topological polar surface area (TPSA) is 93.7 Å². The number of para-hydroxylation sites is 2. The van der Waals surface area contributed by atoms with E-state index in [0.29, 0.717) is 27.1 Å². The Kier molecular flexibility index (Phi) is 7.50. The van der Waals surface area contributed by atoms with Crippen molar-refractivity contribution in [1.82, 2.24) is 0 Å². The van der Waals surface area contributed by atoms with Gasteiger partial charge >= 0.3 is 0 Å². The predicted octanol–water partition coefficient (Wildman–Crippen LogP) is 4.99. The van der Waals surface area contributed by atoms with E-state index in [0.717, 1.165) is 0 Å². The molecule has 0 heterocycles. The van der Waals surface area contributed by atoms with Crippen LogP contribution in [-0.2, 0) is 21.2 Å². The fraction of sp³-hybridized carbons (Fsp3) is 0.136. The Morgan fingerprint density at radius 1 is 0.906 bits per heavy atom. The molecule has 0 bridgehead atoms. The first kappa shape index (κ1) is 23.7. The van der Waals surface area contributed by atoms with Crippen LogP contribution in [0.4, 0.5) is 11.4 Å². The third kappa shape index (κ3) is 5.64. The lowest BCUT2D eigenvalue weighted by Gasteiger charge is -2.15. The molecule has 32 heavy (non-hydrogen) atoms. The van der Waals surface area contributed by atoms with Crippen molar-refractivity contribution >= 4 is 50.5 Å². The van der Waals surface area contributed by atoms with E-state index in [2.05, 4.69) is 10.0 Å². The standard InChI is InChI=1S/C22H20Cl2N2O5S/c1-30-20-6-4-3-5-18(20)26-32(28,29)16-9-10-21(31-2)19(13-16)25-22(27)11-14-7-8-15(23)12-17(14)24/h3-10,12-13,26H,11H2,1-2H3,(H,25,27). The van der Waals surface area contributed by atoms with Gasteiger partial charge in [0.05, 0.1) is 36.9 Å². The average molecular weight is 495 g/mol. The Morgan fingerprint density at radius 3 is 2.28 bits per heavy atom. The Labute approximate surface area is 196 Å². The molecule has 3 aromatic carbocycles. The lowest BCUT2D eigenvalue weighted by molar-refractivity contribution is -0.115. The van der Waals surface area contributed by atoms with Crippen molar-refractivity contribution in [3.8, 4) is 11.5 Å². The summed E-state index contributed by atoms with van der Waals surface area (Å²) in [6.45, 7) is 0. The van der Waals surface area contributed by atoms with Gasteiger partial charge in [-0.1, -0.05) is 41.4 Å². The summed E-state index contributed by atoms with van der Waals surface area (Å²) in [5.74, 6) is 0.273. The quantitative estimate of drug-likeness (QED) is 0.459. The predicted molar refractivity (Wildman–Crippen MR) is 126 cm³/mol. The van der Waals surface area contributed by atoms with Crippen LogP contribution >= 0.6 is 23.2 Å². The molecule has 0 unspecified atom stereocenters. The minimum absolute atomic E-state index is 0.0321. The van der Waals surface area contributed by atoms with Gasteiger partial charge < -0.3 is 14.8 Å². The van der Waals surface area contributed by atoms with Gasteiger partial charge in [0.1, 0.15) is 11.5 Å². The zero-order valence-electron chi connectivity index (χ0n) is 17.2. The van der Waals surface area contributed by atoms with Crippen molar-refractivity contribution in [2.24, 2.45) is 0 Å². The van der Waals surface area contributed by atoms with Crippen LogP contribution in [0.25, 0.3) is 0 Å². The van der Waals surface area contributed by atoms with Crippen LogP contribution in [0.2, 0.25) is 10.0 Å². The fourth-order valence-electron chi connectivity index (χ4n) is 2.92. The second-order valence-corrected chi connectivity index (χ2v) is 9.15. The molecular formula is C22H20Cl2N2O5S. The minimum atomic E-state index is -3.97. The van der Waals surface area contributed by atoms with E-state index >= 15 is 0 Å². The van der Waals surface area contributed by atoms with Crippen LogP contribution in [0.1, 0.15) is 5.56 Å². The summed E-state index contributed by atoms with van der Waals surface area (Å²) >= 11 is 12.0. The number of ether oxygens (including phenoxy) is 2. The van der Waals surface area contributed by atoms with Crippen molar-refractivity contribution in [2.75, 3.05) is 24.3 Å². The van der Waals surface area contributed by atoms with Crippen LogP contribution in [0.15, 0.2) is 65.6 Å². The molecule has 3 aromatic rings. The zero-order chi connectivity index (χ0) is 23.3. The first-order chi connectivity index (χ1) is 15.2. The van der Waals surface area contributed by atoms with Gasteiger partial charge in [0.15, 0.2) is 0 Å². The third-order valence-electron chi connectivity index (χ3n) is 4.47. The summed E-state index contributed by atoms with van der Waals surface area (Å²) in [4.78, 5) is 12.5. The summed E-state index contributed by atoms with van der Waals surface area (Å²) in [5.41, 5.74) is 1.06. The van der Waals surface area contributed by atoms with Gasteiger partial charge in [0.25, 0.3) is 10.0 Å². The number of amides is 1. The summed E-state index contributed by atoms with van der Waals surface area (Å²) in [6, 6.07) is 15.6. The number of halogens is 2. The lowest BCUT2D eigenvalue weighted by atomic mass is 10.1. The molecule has 0 saturated heterocycles. The molecule has 3 rings (SSSR count). The number of benzene rings is 3. The number of anilines is 2. The van der Waals surface area contributed by atoms with Gasteiger partial charge in [-0.3, -0.25) is 9.52 Å². The van der Waals surface area contributed by atoms with Crippen LogP contribution < -0.4 is 19.5 Å². The highest BCUT2D eigenvalue weighted by atomic mass is 35.5. The molecule has 0 saturated carbocycles. The maximum absolute atomic E-state index is 12.9. The lowest BCUT2D eigenvalue weighted by Crippen LogP contribution is -2.17. The molecule has 2 N–H and O–H groups in total. The summed E-state index contributed by atoms with van der Waals surface area (Å²) in [6.07, 6.45) is -0.0321. The largest absolute Gasteiger partial charge is 0.495 e. The Balaban J connectivity index is 1.85. The van der Waals surface area contributed by atoms with Crippen LogP contribution in [0, 0.1) is 0 Å². The van der Waals surface area contributed by atoms with Gasteiger partial charge in [0.2, 0.25) is 5.91 Å². The van der Waals surface area contributed by atoms with Crippen LogP contribution in [0.3, 0.4) is 0 Å². The van der Waals surface area contributed by atoms with Gasteiger partial charge in [-0.15, -0.1) is 0 Å². The zero-order valence-corrected chi connectivity index (χ0v) is 19.5. The van der Waals surface area contributed by atoms with Crippen molar-refractivity contribution in [3.05, 3.63) is 76.3 Å². The second kappa shape index (κ2) is 10.1. The number of sulfonamides is 1. The third-order valence-corrected chi connectivity index (χ3v) is 6.42. The van der Waals surface area contributed by atoms with Gasteiger partial charge in [-0.05, 0) is 48.0 Å². The molecule has 0 aliphatic rings. The normalized spacial score (nSPS) is 11.0. The maximum atomic E-state index is 12.9. The van der Waals surface area contributed by atoms with Gasteiger partial charge in [0, 0.05) is 10.0 Å². The molecule has 0 atom stereocenters. The van der Waals surface area contributed by atoms with E-state index in [4.69, 9.17) is 32.7 Å². The molecule has 0 spiro atoms. The van der Waals surface area contributed by atoms with E-state index in [1.807, 2.05) is 0 Å². The molecule has 1 amide bonds. The summed E-state index contributed by atoms with van der Waals surface area (Å²) < 4.78 is 38.8. The van der Waals surface area contributed by atoms with E-state index in [1.165, 1.54) is 32.4 Å². The van der Waals surface area contributed by atoms with Crippen molar-refractivity contribution < 1.29 is 22.7 Å². The molecular weight excluding hydrogens is 475 g/mol. The molecule has 10 heteroatoms. The number of carbonyl (C=O) groups is 1. The molecule has 0 radical (unpaired) electrons. The number of rotatable bonds is 8. The van der Waals surface area contributed by atoms with Gasteiger partial charge in [-0.25, -0.2) is 8.42 Å². The number of nitrogens with one attached hydrogen (secondary N) is 2. The monoisotopic (exact) mass is 494 g/mol. The highest BCUT2D eigenvalue weighted by molar-refractivity contribution is 7.92. The van der Waals surface area contributed by atoms with Crippen LogP contribution in [-0.4, -0.2) is 28.5 Å². The molecule has 168 valence electrons. The first-order valence-electron chi connectivity index (χ1n) is 9.31. The van der Waals surface area contributed by atoms with Crippen LogP contribution in [0.5, 0.6) is 11.5 Å². The molecule has 0 aliphatic heterocycles. The van der Waals surface area contributed by atoms with Crippen molar-refractivity contribution in [3.63, 3.8) is 0 Å². The maximum Gasteiger partial charge on any atom is 0.262 e. The highest BCUT2D eigenvalue weighted by Gasteiger charge is 2.19. The van der Waals surface area contributed by atoms with Crippen molar-refractivity contribution in [1.29, 1.82) is 0 Å². The van der Waals surface area contributed by atoms with Crippen molar-refractivity contribution in [2.45, 2.75) is 11.3 Å². The van der Waals surface area contributed by atoms with E-state index in [-0.39, 0.29) is 22.7 Å². The number of carbonyl (C=O) groups excluding carboxylic acids is 1. The Hall–Kier alpha value is -2.94. The summed E-state index contributed by atoms with van der Waals surface area (Å²) in [5, 5.41) is 3.50.